The summed E-state index contributed by atoms with van der Waals surface area (Å²) in [6, 6.07) is 8.94. The van der Waals surface area contributed by atoms with Gasteiger partial charge >= 0.3 is 0 Å². The number of nitrogens with zero attached hydrogens (tertiary/aromatic N) is 2. The van der Waals surface area contributed by atoms with Crippen LogP contribution in [0.1, 0.15) is 24.0 Å². The highest BCUT2D eigenvalue weighted by atomic mass is 15.2. The molecule has 1 unspecified atom stereocenters. The molecule has 1 fully saturated rings. The number of aryl methyl sites for hydroxylation is 1. The lowest BCUT2D eigenvalue weighted by molar-refractivity contribution is 0.615. The molecule has 1 aliphatic rings. The molecule has 1 heterocycles. The molecule has 3 nitrogen and oxygen atoms in total. The largest absolute Gasteiger partial charge is 0.367 e. The number of hydrogen-bond acceptors (Lipinski definition) is 3. The molecule has 0 aromatic heterocycles. The molecule has 17 heavy (non-hydrogen) atoms. The van der Waals surface area contributed by atoms with Gasteiger partial charge in [-0.15, -0.1) is 0 Å². The topological polar surface area (TPSA) is 39.1 Å². The number of anilines is 1. The molecule has 0 saturated carbocycles. The van der Waals surface area contributed by atoms with Crippen LogP contribution in [0.4, 0.5) is 5.69 Å². The van der Waals surface area contributed by atoms with Crippen molar-refractivity contribution in [3.8, 4) is 6.07 Å². The van der Waals surface area contributed by atoms with Crippen LogP contribution in [0.5, 0.6) is 0 Å². The maximum atomic E-state index is 8.94. The van der Waals surface area contributed by atoms with Crippen LogP contribution in [0, 0.1) is 18.3 Å². The van der Waals surface area contributed by atoms with E-state index < -0.39 is 0 Å². The van der Waals surface area contributed by atoms with Gasteiger partial charge in [-0.25, -0.2) is 0 Å². The molecule has 1 N–H and O–H groups in total. The molecule has 0 spiro atoms. The zero-order valence-corrected chi connectivity index (χ0v) is 10.5. The van der Waals surface area contributed by atoms with Crippen molar-refractivity contribution in [1.82, 2.24) is 5.32 Å². The minimum Gasteiger partial charge on any atom is -0.367 e. The Morgan fingerprint density at radius 1 is 1.53 bits per heavy atom. The predicted molar refractivity (Wildman–Crippen MR) is 70.2 cm³/mol. The zero-order chi connectivity index (χ0) is 12.3. The Kier molecular flexibility index (Phi) is 3.65. The minimum atomic E-state index is 0.590. The van der Waals surface area contributed by atoms with Gasteiger partial charge in [-0.1, -0.05) is 0 Å². The first-order valence-electron chi connectivity index (χ1n) is 6.18. The first-order chi connectivity index (χ1) is 8.26. The lowest BCUT2D eigenvalue weighted by atomic mass is 10.1. The number of nitriles is 1. The Balaban J connectivity index is 2.22. The van der Waals surface area contributed by atoms with Crippen LogP contribution in [0.15, 0.2) is 18.2 Å². The molecule has 1 saturated heterocycles. The average Bonchev–Trinajstić information content (AvgIpc) is 2.78. The Morgan fingerprint density at radius 3 is 3.00 bits per heavy atom. The van der Waals surface area contributed by atoms with E-state index in [1.807, 2.05) is 20.0 Å². The molecular formula is C14H19N3. The zero-order valence-electron chi connectivity index (χ0n) is 10.5. The third-order valence-corrected chi connectivity index (χ3v) is 3.48. The van der Waals surface area contributed by atoms with Crippen LogP contribution < -0.4 is 10.2 Å². The van der Waals surface area contributed by atoms with E-state index >= 15 is 0 Å². The number of benzene rings is 1. The van der Waals surface area contributed by atoms with Gasteiger partial charge in [-0.2, -0.15) is 5.26 Å². The number of likely N-dealkylation sites (N-methyl/N-ethyl adjacent to an activating group) is 1. The van der Waals surface area contributed by atoms with Crippen molar-refractivity contribution in [1.29, 1.82) is 5.26 Å². The minimum absolute atomic E-state index is 0.590. The molecule has 1 aliphatic heterocycles. The normalized spacial score (nSPS) is 19.4. The second-order valence-electron chi connectivity index (χ2n) is 4.66. The summed E-state index contributed by atoms with van der Waals surface area (Å²) in [5.74, 6) is 0. The Morgan fingerprint density at radius 2 is 2.35 bits per heavy atom. The Hall–Kier alpha value is -1.53. The molecule has 1 atom stereocenters. The molecule has 3 heteroatoms. The van der Waals surface area contributed by atoms with Gasteiger partial charge in [-0.3, -0.25) is 0 Å². The molecule has 0 aliphatic carbocycles. The molecule has 0 amide bonds. The lowest BCUT2D eigenvalue weighted by Gasteiger charge is -2.27. The molecule has 1 aromatic rings. The van der Waals surface area contributed by atoms with E-state index in [2.05, 4.69) is 28.4 Å². The van der Waals surface area contributed by atoms with Gasteiger partial charge in [0, 0.05) is 24.8 Å². The summed E-state index contributed by atoms with van der Waals surface area (Å²) >= 11 is 0. The second-order valence-corrected chi connectivity index (χ2v) is 4.66. The van der Waals surface area contributed by atoms with Gasteiger partial charge in [0.2, 0.25) is 0 Å². The van der Waals surface area contributed by atoms with Crippen LogP contribution in [0.25, 0.3) is 0 Å². The quantitative estimate of drug-likeness (QED) is 0.862. The van der Waals surface area contributed by atoms with Crippen molar-refractivity contribution < 1.29 is 0 Å². The maximum Gasteiger partial charge on any atom is 0.0994 e. The van der Waals surface area contributed by atoms with Crippen molar-refractivity contribution >= 4 is 5.69 Å². The molecule has 2 rings (SSSR count). The molecule has 90 valence electrons. The van der Waals surface area contributed by atoms with E-state index in [0.717, 1.165) is 24.2 Å². The first kappa shape index (κ1) is 11.9. The van der Waals surface area contributed by atoms with Gasteiger partial charge < -0.3 is 10.2 Å². The monoisotopic (exact) mass is 229 g/mol. The molecular weight excluding hydrogens is 210 g/mol. The Bertz CT molecular complexity index is 434. The summed E-state index contributed by atoms with van der Waals surface area (Å²) in [6.07, 6.45) is 2.51. The third kappa shape index (κ3) is 2.42. The fourth-order valence-corrected chi connectivity index (χ4v) is 2.58. The van der Waals surface area contributed by atoms with Crippen molar-refractivity contribution in [3.05, 3.63) is 29.3 Å². The van der Waals surface area contributed by atoms with Crippen molar-refractivity contribution in [2.24, 2.45) is 0 Å². The van der Waals surface area contributed by atoms with E-state index in [0.29, 0.717) is 6.04 Å². The third-order valence-electron chi connectivity index (χ3n) is 3.48. The van der Waals surface area contributed by atoms with E-state index in [1.165, 1.54) is 18.5 Å². The molecule has 1 aromatic carbocycles. The summed E-state index contributed by atoms with van der Waals surface area (Å²) in [4.78, 5) is 2.45. The van der Waals surface area contributed by atoms with Crippen LogP contribution in [0.3, 0.4) is 0 Å². The Labute approximate surface area is 103 Å². The van der Waals surface area contributed by atoms with Crippen LogP contribution in [-0.2, 0) is 0 Å². The van der Waals surface area contributed by atoms with Crippen LogP contribution in [-0.4, -0.2) is 26.2 Å². The lowest BCUT2D eigenvalue weighted by Crippen LogP contribution is -2.36. The van der Waals surface area contributed by atoms with Crippen LogP contribution in [0.2, 0.25) is 0 Å². The van der Waals surface area contributed by atoms with E-state index in [-0.39, 0.29) is 0 Å². The smallest absolute Gasteiger partial charge is 0.0994 e. The van der Waals surface area contributed by atoms with Gasteiger partial charge in [0.25, 0.3) is 0 Å². The highest BCUT2D eigenvalue weighted by Crippen LogP contribution is 2.26. The number of nitrogens with one attached hydrogen (secondary N) is 1. The van der Waals surface area contributed by atoms with Gasteiger partial charge in [0.1, 0.15) is 0 Å². The highest BCUT2D eigenvalue weighted by Gasteiger charge is 2.24. The summed E-state index contributed by atoms with van der Waals surface area (Å²) in [6.45, 7) is 4.15. The van der Waals surface area contributed by atoms with E-state index in [1.54, 1.807) is 0 Å². The van der Waals surface area contributed by atoms with Gasteiger partial charge in [0.15, 0.2) is 0 Å². The van der Waals surface area contributed by atoms with E-state index in [4.69, 9.17) is 5.26 Å². The highest BCUT2D eigenvalue weighted by molar-refractivity contribution is 5.54. The fourth-order valence-electron chi connectivity index (χ4n) is 2.58. The summed E-state index contributed by atoms with van der Waals surface area (Å²) in [7, 11) is 2.00. The predicted octanol–water partition coefficient (Wildman–Crippen LogP) is 2.05. The first-order valence-corrected chi connectivity index (χ1v) is 6.18. The van der Waals surface area contributed by atoms with Crippen molar-refractivity contribution in [3.63, 3.8) is 0 Å². The molecule has 0 radical (unpaired) electrons. The van der Waals surface area contributed by atoms with E-state index in [9.17, 15) is 0 Å². The SMILES string of the molecule is CNCC1CCCN1c1ccc(C#N)c(C)c1. The fraction of sp³-hybridized carbons (Fsp3) is 0.500. The van der Waals surface area contributed by atoms with Gasteiger partial charge in [-0.05, 0) is 50.6 Å². The van der Waals surface area contributed by atoms with Crippen LogP contribution >= 0.6 is 0 Å². The maximum absolute atomic E-state index is 8.94. The van der Waals surface area contributed by atoms with Gasteiger partial charge in [0.05, 0.1) is 11.6 Å². The standard InChI is InChI=1S/C14H19N3/c1-11-8-13(6-5-12(11)9-15)17-7-3-4-14(17)10-16-2/h5-6,8,14,16H,3-4,7,10H2,1-2H3. The summed E-state index contributed by atoms with van der Waals surface area (Å²) in [5, 5.41) is 12.2. The second kappa shape index (κ2) is 5.20. The molecule has 0 bridgehead atoms. The summed E-state index contributed by atoms with van der Waals surface area (Å²) in [5.41, 5.74) is 3.09. The summed E-state index contributed by atoms with van der Waals surface area (Å²) < 4.78 is 0. The number of rotatable bonds is 3. The average molecular weight is 229 g/mol. The van der Waals surface area contributed by atoms with Crippen molar-refractivity contribution in [2.75, 3.05) is 25.0 Å². The number of hydrogen-bond donors (Lipinski definition) is 1. The van der Waals surface area contributed by atoms with Crippen molar-refractivity contribution in [2.45, 2.75) is 25.8 Å².